The van der Waals surface area contributed by atoms with Crippen LogP contribution in [0.5, 0.6) is 0 Å². The van der Waals surface area contributed by atoms with E-state index in [1.807, 2.05) is 0 Å². The highest BCUT2D eigenvalue weighted by Gasteiger charge is 2.25. The van der Waals surface area contributed by atoms with Gasteiger partial charge >= 0.3 is 0 Å². The molecule has 0 aliphatic rings. The van der Waals surface area contributed by atoms with Crippen molar-refractivity contribution in [2.24, 2.45) is 0 Å². The van der Waals surface area contributed by atoms with Gasteiger partial charge in [-0.1, -0.05) is 19.1 Å². The van der Waals surface area contributed by atoms with Gasteiger partial charge in [-0.05, 0) is 46.2 Å². The maximum atomic E-state index is 14.0. The molecule has 0 heterocycles. The van der Waals surface area contributed by atoms with E-state index >= 15 is 0 Å². The standard InChI is InChI=1S/C15H12BrF4N/c1-2-21-15(12-9(17)4-3-5-10(12)18)8-6-7-11(19)14(20)13(8)16/h3-7,15,21H,2H2,1H3. The van der Waals surface area contributed by atoms with Crippen LogP contribution in [0.2, 0.25) is 0 Å². The van der Waals surface area contributed by atoms with Crippen molar-refractivity contribution >= 4 is 15.9 Å². The van der Waals surface area contributed by atoms with E-state index in [4.69, 9.17) is 0 Å². The maximum absolute atomic E-state index is 14.0. The Balaban J connectivity index is 2.62. The van der Waals surface area contributed by atoms with Gasteiger partial charge in [0.1, 0.15) is 11.6 Å². The molecule has 0 saturated heterocycles. The van der Waals surface area contributed by atoms with E-state index in [0.717, 1.165) is 18.2 Å². The summed E-state index contributed by atoms with van der Waals surface area (Å²) < 4.78 is 54.6. The van der Waals surface area contributed by atoms with Gasteiger partial charge < -0.3 is 5.32 Å². The molecule has 0 aliphatic heterocycles. The van der Waals surface area contributed by atoms with Crippen LogP contribution in [0.25, 0.3) is 0 Å². The molecule has 1 atom stereocenters. The molecular formula is C15H12BrF4N. The van der Waals surface area contributed by atoms with Crippen LogP contribution in [0, 0.1) is 23.3 Å². The lowest BCUT2D eigenvalue weighted by molar-refractivity contribution is 0.488. The van der Waals surface area contributed by atoms with E-state index in [-0.39, 0.29) is 15.6 Å². The van der Waals surface area contributed by atoms with Crippen molar-refractivity contribution in [1.82, 2.24) is 5.32 Å². The van der Waals surface area contributed by atoms with E-state index in [0.29, 0.717) is 6.54 Å². The summed E-state index contributed by atoms with van der Waals surface area (Å²) in [6.45, 7) is 2.14. The van der Waals surface area contributed by atoms with Gasteiger partial charge in [0, 0.05) is 5.56 Å². The van der Waals surface area contributed by atoms with Crippen LogP contribution < -0.4 is 5.32 Å². The highest BCUT2D eigenvalue weighted by Crippen LogP contribution is 2.33. The van der Waals surface area contributed by atoms with E-state index in [9.17, 15) is 17.6 Å². The molecule has 21 heavy (non-hydrogen) atoms. The molecule has 0 aromatic heterocycles. The van der Waals surface area contributed by atoms with Crippen LogP contribution in [0.3, 0.4) is 0 Å². The number of halogens is 5. The number of nitrogens with one attached hydrogen (secondary N) is 1. The molecule has 112 valence electrons. The number of benzene rings is 2. The lowest BCUT2D eigenvalue weighted by atomic mass is 9.97. The Morgan fingerprint density at radius 3 is 2.19 bits per heavy atom. The first-order valence-electron chi connectivity index (χ1n) is 6.28. The first-order valence-corrected chi connectivity index (χ1v) is 7.07. The van der Waals surface area contributed by atoms with Crippen LogP contribution in [-0.2, 0) is 0 Å². The monoisotopic (exact) mass is 361 g/mol. The Hall–Kier alpha value is -1.40. The molecule has 1 unspecified atom stereocenters. The van der Waals surface area contributed by atoms with Crippen LogP contribution in [0.15, 0.2) is 34.8 Å². The fourth-order valence-electron chi connectivity index (χ4n) is 2.12. The first-order chi connectivity index (χ1) is 9.97. The van der Waals surface area contributed by atoms with Crippen LogP contribution in [-0.4, -0.2) is 6.54 Å². The van der Waals surface area contributed by atoms with Crippen molar-refractivity contribution < 1.29 is 17.6 Å². The average molecular weight is 362 g/mol. The van der Waals surface area contributed by atoms with Crippen molar-refractivity contribution in [3.05, 3.63) is 69.2 Å². The molecule has 1 nitrogen and oxygen atoms in total. The van der Waals surface area contributed by atoms with Crippen molar-refractivity contribution in [1.29, 1.82) is 0 Å². The van der Waals surface area contributed by atoms with Gasteiger partial charge in [-0.25, -0.2) is 17.6 Å². The van der Waals surface area contributed by atoms with Crippen LogP contribution >= 0.6 is 15.9 Å². The second-order valence-corrected chi connectivity index (χ2v) is 5.18. The predicted octanol–water partition coefficient (Wildman–Crippen LogP) is 4.70. The Morgan fingerprint density at radius 1 is 1.00 bits per heavy atom. The molecule has 0 amide bonds. The summed E-state index contributed by atoms with van der Waals surface area (Å²) in [4.78, 5) is 0. The minimum atomic E-state index is -1.09. The molecule has 0 saturated carbocycles. The van der Waals surface area contributed by atoms with Crippen molar-refractivity contribution in [2.45, 2.75) is 13.0 Å². The van der Waals surface area contributed by atoms with E-state index in [2.05, 4.69) is 21.2 Å². The zero-order chi connectivity index (χ0) is 15.6. The maximum Gasteiger partial charge on any atom is 0.173 e. The minimum Gasteiger partial charge on any atom is -0.306 e. The van der Waals surface area contributed by atoms with Gasteiger partial charge in [0.2, 0.25) is 0 Å². The molecule has 2 aromatic rings. The largest absolute Gasteiger partial charge is 0.306 e. The zero-order valence-electron chi connectivity index (χ0n) is 11.1. The summed E-state index contributed by atoms with van der Waals surface area (Å²) in [7, 11) is 0. The molecule has 0 radical (unpaired) electrons. The lowest BCUT2D eigenvalue weighted by Crippen LogP contribution is -2.25. The molecule has 0 fully saturated rings. The predicted molar refractivity (Wildman–Crippen MR) is 75.9 cm³/mol. The molecular weight excluding hydrogens is 350 g/mol. The quantitative estimate of drug-likeness (QED) is 0.614. The van der Waals surface area contributed by atoms with Gasteiger partial charge in [-0.3, -0.25) is 0 Å². The second-order valence-electron chi connectivity index (χ2n) is 4.39. The number of hydrogen-bond acceptors (Lipinski definition) is 1. The summed E-state index contributed by atoms with van der Waals surface area (Å²) in [6.07, 6.45) is 0. The highest BCUT2D eigenvalue weighted by molar-refractivity contribution is 9.10. The first kappa shape index (κ1) is 16.0. The van der Waals surface area contributed by atoms with Crippen molar-refractivity contribution in [3.63, 3.8) is 0 Å². The lowest BCUT2D eigenvalue weighted by Gasteiger charge is -2.21. The third kappa shape index (κ3) is 3.11. The second kappa shape index (κ2) is 6.58. The Labute approximate surface area is 128 Å². The third-order valence-corrected chi connectivity index (χ3v) is 3.88. The van der Waals surface area contributed by atoms with Crippen LogP contribution in [0.1, 0.15) is 24.1 Å². The Bertz CT molecular complexity index is 640. The third-order valence-electron chi connectivity index (χ3n) is 3.07. The van der Waals surface area contributed by atoms with Crippen LogP contribution in [0.4, 0.5) is 17.6 Å². The summed E-state index contributed by atoms with van der Waals surface area (Å²) >= 11 is 2.95. The van der Waals surface area contributed by atoms with Crippen molar-refractivity contribution in [3.8, 4) is 0 Å². The molecule has 1 N–H and O–H groups in total. The average Bonchev–Trinajstić information content (AvgIpc) is 2.44. The van der Waals surface area contributed by atoms with Gasteiger partial charge in [0.25, 0.3) is 0 Å². The SMILES string of the molecule is CCNC(c1ccc(F)c(F)c1Br)c1c(F)cccc1F. The molecule has 2 rings (SSSR count). The van der Waals surface area contributed by atoms with Gasteiger partial charge in [0.15, 0.2) is 11.6 Å². The van der Waals surface area contributed by atoms with E-state index < -0.39 is 29.3 Å². The minimum absolute atomic E-state index is 0.156. The molecule has 0 bridgehead atoms. The zero-order valence-corrected chi connectivity index (χ0v) is 12.6. The molecule has 0 aliphatic carbocycles. The Morgan fingerprint density at radius 2 is 1.62 bits per heavy atom. The molecule has 2 aromatic carbocycles. The topological polar surface area (TPSA) is 12.0 Å². The summed E-state index contributed by atoms with van der Waals surface area (Å²) in [5.74, 6) is -3.63. The molecule has 0 spiro atoms. The Kier molecular flexibility index (Phi) is 5.00. The van der Waals surface area contributed by atoms with Crippen molar-refractivity contribution in [2.75, 3.05) is 6.54 Å². The number of rotatable bonds is 4. The highest BCUT2D eigenvalue weighted by atomic mass is 79.9. The normalized spacial score (nSPS) is 12.5. The summed E-state index contributed by atoms with van der Waals surface area (Å²) in [6, 6.07) is 4.78. The number of hydrogen-bond donors (Lipinski definition) is 1. The van der Waals surface area contributed by atoms with Gasteiger partial charge in [-0.2, -0.15) is 0 Å². The smallest absolute Gasteiger partial charge is 0.173 e. The summed E-state index contributed by atoms with van der Waals surface area (Å²) in [5.41, 5.74) is -0.00851. The molecule has 6 heteroatoms. The fraction of sp³-hybridized carbons (Fsp3) is 0.200. The summed E-state index contributed by atoms with van der Waals surface area (Å²) in [5, 5.41) is 2.89. The van der Waals surface area contributed by atoms with Gasteiger partial charge in [0.05, 0.1) is 10.5 Å². The van der Waals surface area contributed by atoms with E-state index in [1.165, 1.54) is 12.1 Å². The fourth-order valence-corrected chi connectivity index (χ4v) is 2.67. The van der Waals surface area contributed by atoms with Gasteiger partial charge in [-0.15, -0.1) is 0 Å². The van der Waals surface area contributed by atoms with E-state index in [1.54, 1.807) is 6.92 Å².